The van der Waals surface area contributed by atoms with Gasteiger partial charge in [-0.15, -0.1) is 35.3 Å². The molecule has 0 spiro atoms. The molecular formula is C23H34IN5S. The second kappa shape index (κ2) is 10.9. The molecule has 0 aliphatic carbocycles. The van der Waals surface area contributed by atoms with E-state index in [4.69, 9.17) is 0 Å². The average Bonchev–Trinajstić information content (AvgIpc) is 3.06. The first-order chi connectivity index (χ1) is 14.1. The van der Waals surface area contributed by atoms with Gasteiger partial charge in [0.2, 0.25) is 0 Å². The van der Waals surface area contributed by atoms with Crippen molar-refractivity contribution in [1.82, 2.24) is 20.1 Å². The number of likely N-dealkylation sites (tertiary alicyclic amines) is 2. The minimum atomic E-state index is 0. The number of nitrogens with one attached hydrogen (secondary N) is 1. The smallest absolute Gasteiger partial charge is 0.193 e. The summed E-state index contributed by atoms with van der Waals surface area (Å²) in [5, 5.41) is 4.72. The number of aromatic nitrogens is 1. The van der Waals surface area contributed by atoms with Crippen molar-refractivity contribution in [3.8, 4) is 0 Å². The Morgan fingerprint density at radius 1 is 1.20 bits per heavy atom. The number of guanidine groups is 1. The minimum Gasteiger partial charge on any atom is -0.351 e. The lowest BCUT2D eigenvalue weighted by molar-refractivity contribution is 0.0372. The van der Waals surface area contributed by atoms with Crippen LogP contribution in [0.15, 0.2) is 35.3 Å². The van der Waals surface area contributed by atoms with E-state index < -0.39 is 0 Å². The van der Waals surface area contributed by atoms with Crippen LogP contribution in [0.3, 0.4) is 0 Å². The highest BCUT2D eigenvalue weighted by molar-refractivity contribution is 14.0. The molecule has 2 saturated heterocycles. The zero-order valence-corrected chi connectivity index (χ0v) is 21.5. The number of hydrogen-bond donors (Lipinski definition) is 1. The Morgan fingerprint density at radius 3 is 2.70 bits per heavy atom. The first kappa shape index (κ1) is 23.5. The van der Waals surface area contributed by atoms with Gasteiger partial charge in [0.1, 0.15) is 0 Å². The molecule has 7 heteroatoms. The van der Waals surface area contributed by atoms with Crippen LogP contribution in [0.5, 0.6) is 0 Å². The van der Waals surface area contributed by atoms with Gasteiger partial charge < -0.3 is 10.2 Å². The summed E-state index contributed by atoms with van der Waals surface area (Å²) in [6, 6.07) is 11.6. The van der Waals surface area contributed by atoms with Gasteiger partial charge in [-0.3, -0.25) is 9.89 Å². The number of aliphatic imine (C=N–C) groups is 1. The van der Waals surface area contributed by atoms with Gasteiger partial charge in [0.05, 0.1) is 17.2 Å². The van der Waals surface area contributed by atoms with E-state index in [0.29, 0.717) is 6.04 Å². The maximum Gasteiger partial charge on any atom is 0.193 e. The first-order valence-corrected chi connectivity index (χ1v) is 11.6. The number of rotatable bonds is 4. The van der Waals surface area contributed by atoms with Crippen LogP contribution < -0.4 is 5.32 Å². The monoisotopic (exact) mass is 539 g/mol. The summed E-state index contributed by atoms with van der Waals surface area (Å²) >= 11 is 1.78. The van der Waals surface area contributed by atoms with E-state index >= 15 is 0 Å². The standard InChI is InChI=1S/C23H33N5S.HI/c1-17-22(29-18(2)26-17)14-25-23(24-3)28-13-11-21-20(16-28)10-7-12-27(21)15-19-8-5-4-6-9-19;/h4-6,8-9,20-21H,7,10-16H2,1-3H3,(H,24,25);1H. The first-order valence-electron chi connectivity index (χ1n) is 10.8. The quantitative estimate of drug-likeness (QED) is 0.355. The average molecular weight is 540 g/mol. The highest BCUT2D eigenvalue weighted by Crippen LogP contribution is 2.31. The summed E-state index contributed by atoms with van der Waals surface area (Å²) in [7, 11) is 1.90. The van der Waals surface area contributed by atoms with Gasteiger partial charge in [0.15, 0.2) is 5.96 Å². The summed E-state index contributed by atoms with van der Waals surface area (Å²) in [6.07, 6.45) is 3.85. The van der Waals surface area contributed by atoms with Crippen molar-refractivity contribution in [3.05, 3.63) is 51.5 Å². The van der Waals surface area contributed by atoms with Crippen molar-refractivity contribution in [2.45, 2.75) is 52.2 Å². The number of hydrogen-bond acceptors (Lipinski definition) is 4. The fourth-order valence-corrected chi connectivity index (χ4v) is 5.82. The van der Waals surface area contributed by atoms with Gasteiger partial charge >= 0.3 is 0 Å². The van der Waals surface area contributed by atoms with Crippen LogP contribution in [-0.4, -0.2) is 53.5 Å². The van der Waals surface area contributed by atoms with Gasteiger partial charge in [-0.1, -0.05) is 30.3 Å². The van der Waals surface area contributed by atoms with Crippen molar-refractivity contribution < 1.29 is 0 Å². The molecule has 4 rings (SSSR count). The molecular weight excluding hydrogens is 505 g/mol. The number of fused-ring (bicyclic) bond motifs is 1. The largest absolute Gasteiger partial charge is 0.351 e. The number of piperidine rings is 2. The van der Waals surface area contributed by atoms with Crippen LogP contribution >= 0.6 is 35.3 Å². The van der Waals surface area contributed by atoms with Crippen molar-refractivity contribution in [2.24, 2.45) is 10.9 Å². The Bertz CT molecular complexity index is 837. The molecule has 30 heavy (non-hydrogen) atoms. The highest BCUT2D eigenvalue weighted by Gasteiger charge is 2.36. The van der Waals surface area contributed by atoms with Crippen molar-refractivity contribution in [3.63, 3.8) is 0 Å². The summed E-state index contributed by atoms with van der Waals surface area (Å²) in [4.78, 5) is 15.6. The molecule has 2 aliphatic rings. The number of thiazole rings is 1. The lowest BCUT2D eigenvalue weighted by Gasteiger charge is -2.48. The van der Waals surface area contributed by atoms with Crippen LogP contribution in [0.2, 0.25) is 0 Å². The zero-order chi connectivity index (χ0) is 20.2. The van der Waals surface area contributed by atoms with Gasteiger partial charge in [-0.25, -0.2) is 4.98 Å². The molecule has 2 aliphatic heterocycles. The van der Waals surface area contributed by atoms with Crippen LogP contribution in [0, 0.1) is 19.8 Å². The zero-order valence-electron chi connectivity index (χ0n) is 18.3. The second-order valence-electron chi connectivity index (χ2n) is 8.30. The second-order valence-corrected chi connectivity index (χ2v) is 9.59. The molecule has 1 aromatic carbocycles. The molecule has 0 saturated carbocycles. The molecule has 3 heterocycles. The van der Waals surface area contributed by atoms with E-state index in [9.17, 15) is 0 Å². The van der Waals surface area contributed by atoms with E-state index in [0.717, 1.165) is 48.8 Å². The lowest BCUT2D eigenvalue weighted by Crippen LogP contribution is -2.56. The van der Waals surface area contributed by atoms with Crippen molar-refractivity contribution in [1.29, 1.82) is 0 Å². The van der Waals surface area contributed by atoms with Crippen molar-refractivity contribution in [2.75, 3.05) is 26.7 Å². The van der Waals surface area contributed by atoms with Gasteiger partial charge in [0.25, 0.3) is 0 Å². The molecule has 2 atom stereocenters. The maximum atomic E-state index is 4.59. The fourth-order valence-electron chi connectivity index (χ4n) is 4.94. The Balaban J connectivity index is 0.00000256. The van der Waals surface area contributed by atoms with Crippen LogP contribution in [0.25, 0.3) is 0 Å². The molecule has 2 aromatic rings. The van der Waals surface area contributed by atoms with Crippen LogP contribution in [0.1, 0.15) is 40.4 Å². The summed E-state index contributed by atoms with van der Waals surface area (Å²) in [6.45, 7) is 9.48. The van der Waals surface area contributed by atoms with E-state index in [2.05, 4.69) is 69.3 Å². The number of aryl methyl sites for hydroxylation is 2. The van der Waals surface area contributed by atoms with E-state index in [1.807, 2.05) is 7.05 Å². The predicted octanol–water partition coefficient (Wildman–Crippen LogP) is 4.44. The van der Waals surface area contributed by atoms with Crippen LogP contribution in [-0.2, 0) is 13.1 Å². The van der Waals surface area contributed by atoms with Crippen molar-refractivity contribution >= 4 is 41.3 Å². The molecule has 5 nitrogen and oxygen atoms in total. The lowest BCUT2D eigenvalue weighted by atomic mass is 9.83. The minimum absolute atomic E-state index is 0. The third kappa shape index (κ3) is 5.53. The van der Waals surface area contributed by atoms with Gasteiger partial charge in [0, 0.05) is 37.6 Å². The topological polar surface area (TPSA) is 43.8 Å². The highest BCUT2D eigenvalue weighted by atomic mass is 127. The Morgan fingerprint density at radius 2 is 2.00 bits per heavy atom. The Hall–Kier alpha value is -1.19. The number of halogens is 1. The summed E-state index contributed by atoms with van der Waals surface area (Å²) < 4.78 is 0. The Kier molecular flexibility index (Phi) is 8.53. The van der Waals surface area contributed by atoms with Gasteiger partial charge in [-0.05, 0) is 51.1 Å². The molecule has 0 amide bonds. The van der Waals surface area contributed by atoms with E-state index in [-0.39, 0.29) is 24.0 Å². The normalized spacial score (nSPS) is 22.4. The maximum absolute atomic E-state index is 4.59. The third-order valence-corrected chi connectivity index (χ3v) is 7.40. The predicted molar refractivity (Wildman–Crippen MR) is 137 cm³/mol. The van der Waals surface area contributed by atoms with Gasteiger partial charge in [-0.2, -0.15) is 0 Å². The summed E-state index contributed by atoms with van der Waals surface area (Å²) in [5.74, 6) is 1.77. The van der Waals surface area contributed by atoms with E-state index in [1.54, 1.807) is 11.3 Å². The molecule has 164 valence electrons. The van der Waals surface area contributed by atoms with E-state index in [1.165, 1.54) is 36.2 Å². The third-order valence-electron chi connectivity index (χ3n) is 6.33. The molecule has 1 aromatic heterocycles. The Labute approximate surface area is 202 Å². The molecule has 2 unspecified atom stereocenters. The fraction of sp³-hybridized carbons (Fsp3) is 0.565. The molecule has 0 bridgehead atoms. The van der Waals surface area contributed by atoms with Crippen LogP contribution in [0.4, 0.5) is 0 Å². The molecule has 1 N–H and O–H groups in total. The molecule has 2 fully saturated rings. The number of benzene rings is 1. The molecule has 0 radical (unpaired) electrons. The summed E-state index contributed by atoms with van der Waals surface area (Å²) in [5.41, 5.74) is 2.57. The SMILES string of the molecule is CN=C(NCc1sc(C)nc1C)N1CCC2C(CCCN2Cc2ccccc2)C1.I. The number of nitrogens with zero attached hydrogens (tertiary/aromatic N) is 4.